The molecule has 0 aliphatic rings. The molecule has 23 heavy (non-hydrogen) atoms. The van der Waals surface area contributed by atoms with Gasteiger partial charge in [-0.25, -0.2) is 14.1 Å². The lowest BCUT2D eigenvalue weighted by molar-refractivity contribution is 0.0598. The maximum atomic E-state index is 14.4. The standard InChI is InChI=1S/C18H20FNO3/c1-18(2,3)23-17(22)20(14-7-5-4-6-8-14)16-10-9-13(12-21)11-15(16)19/h4-11,21H,12H2,1-3H3. The zero-order valence-electron chi connectivity index (χ0n) is 13.4. The van der Waals surface area contributed by atoms with Gasteiger partial charge in [-0.1, -0.05) is 24.3 Å². The lowest BCUT2D eigenvalue weighted by Gasteiger charge is -2.28. The van der Waals surface area contributed by atoms with Crippen LogP contribution in [0.25, 0.3) is 0 Å². The summed E-state index contributed by atoms with van der Waals surface area (Å²) in [6, 6.07) is 12.9. The van der Waals surface area contributed by atoms with Crippen molar-refractivity contribution in [1.82, 2.24) is 0 Å². The van der Waals surface area contributed by atoms with Gasteiger partial charge < -0.3 is 9.84 Å². The minimum Gasteiger partial charge on any atom is -0.443 e. The summed E-state index contributed by atoms with van der Waals surface area (Å²) < 4.78 is 19.8. The average molecular weight is 317 g/mol. The van der Waals surface area contributed by atoms with E-state index in [9.17, 15) is 9.18 Å². The Labute approximate surface area is 135 Å². The first-order valence-electron chi connectivity index (χ1n) is 7.29. The Balaban J connectivity index is 2.48. The number of anilines is 2. The fraction of sp³-hybridized carbons (Fsp3) is 0.278. The quantitative estimate of drug-likeness (QED) is 0.913. The molecule has 0 radical (unpaired) electrons. The number of carbonyl (C=O) groups excluding carboxylic acids is 1. The van der Waals surface area contributed by atoms with Crippen LogP contribution in [0.4, 0.5) is 20.6 Å². The van der Waals surface area contributed by atoms with E-state index >= 15 is 0 Å². The van der Waals surface area contributed by atoms with Crippen molar-refractivity contribution in [2.24, 2.45) is 0 Å². The molecule has 0 aliphatic carbocycles. The topological polar surface area (TPSA) is 49.8 Å². The van der Waals surface area contributed by atoms with E-state index in [1.165, 1.54) is 17.0 Å². The summed E-state index contributed by atoms with van der Waals surface area (Å²) in [6.45, 7) is 4.98. The minimum atomic E-state index is -0.703. The Morgan fingerprint density at radius 3 is 2.35 bits per heavy atom. The highest BCUT2D eigenvalue weighted by Gasteiger charge is 2.26. The molecule has 2 aromatic rings. The van der Waals surface area contributed by atoms with Gasteiger partial charge in [0.2, 0.25) is 0 Å². The van der Waals surface area contributed by atoms with Gasteiger partial charge in [0.25, 0.3) is 0 Å². The molecule has 0 aliphatic heterocycles. The molecule has 2 aromatic carbocycles. The van der Waals surface area contributed by atoms with Crippen LogP contribution in [-0.2, 0) is 11.3 Å². The number of ether oxygens (including phenoxy) is 1. The molecule has 0 saturated carbocycles. The molecule has 2 rings (SSSR count). The summed E-state index contributed by atoms with van der Waals surface area (Å²) in [4.78, 5) is 13.7. The van der Waals surface area contributed by atoms with Crippen molar-refractivity contribution in [2.45, 2.75) is 33.0 Å². The number of benzene rings is 2. The molecule has 0 spiro atoms. The van der Waals surface area contributed by atoms with Crippen LogP contribution in [0, 0.1) is 5.82 Å². The maximum absolute atomic E-state index is 14.4. The van der Waals surface area contributed by atoms with E-state index < -0.39 is 17.5 Å². The number of aliphatic hydroxyl groups excluding tert-OH is 1. The van der Waals surface area contributed by atoms with Gasteiger partial charge in [0.05, 0.1) is 18.0 Å². The SMILES string of the molecule is CC(C)(C)OC(=O)N(c1ccccc1)c1ccc(CO)cc1F. The molecule has 4 nitrogen and oxygen atoms in total. The fourth-order valence-corrected chi connectivity index (χ4v) is 2.06. The van der Waals surface area contributed by atoms with Crippen molar-refractivity contribution in [3.05, 3.63) is 59.9 Å². The zero-order chi connectivity index (χ0) is 17.0. The van der Waals surface area contributed by atoms with Gasteiger partial charge in [-0.3, -0.25) is 0 Å². The summed E-state index contributed by atoms with van der Waals surface area (Å²) in [5.41, 5.74) is 0.300. The Hall–Kier alpha value is -2.40. The molecule has 0 unspecified atom stereocenters. The second-order valence-corrected chi connectivity index (χ2v) is 6.10. The molecule has 122 valence electrons. The molecule has 0 aromatic heterocycles. The number of rotatable bonds is 3. The highest BCUT2D eigenvalue weighted by Crippen LogP contribution is 2.30. The monoisotopic (exact) mass is 317 g/mol. The molecule has 5 heteroatoms. The average Bonchev–Trinajstić information content (AvgIpc) is 2.48. The second kappa shape index (κ2) is 6.79. The first kappa shape index (κ1) is 17.0. The third kappa shape index (κ3) is 4.29. The number of aliphatic hydroxyl groups is 1. The number of amides is 1. The number of hydrogen-bond acceptors (Lipinski definition) is 3. The first-order valence-corrected chi connectivity index (χ1v) is 7.29. The third-order valence-corrected chi connectivity index (χ3v) is 3.03. The largest absolute Gasteiger partial charge is 0.443 e. The first-order chi connectivity index (χ1) is 10.8. The number of nitrogens with zero attached hydrogens (tertiary/aromatic N) is 1. The number of halogens is 1. The molecule has 0 saturated heterocycles. The summed E-state index contributed by atoms with van der Waals surface area (Å²) in [5, 5.41) is 9.10. The van der Waals surface area contributed by atoms with Crippen molar-refractivity contribution in [1.29, 1.82) is 0 Å². The van der Waals surface area contributed by atoms with Crippen LogP contribution >= 0.6 is 0 Å². The van der Waals surface area contributed by atoms with E-state index in [0.29, 0.717) is 11.3 Å². The van der Waals surface area contributed by atoms with Crippen LogP contribution < -0.4 is 4.90 Å². The fourth-order valence-electron chi connectivity index (χ4n) is 2.06. The lowest BCUT2D eigenvalue weighted by atomic mass is 10.1. The number of para-hydroxylation sites is 1. The van der Waals surface area contributed by atoms with Crippen LogP contribution in [-0.4, -0.2) is 16.8 Å². The van der Waals surface area contributed by atoms with Crippen LogP contribution in [0.3, 0.4) is 0 Å². The Bertz CT molecular complexity index is 680. The molecule has 1 N–H and O–H groups in total. The second-order valence-electron chi connectivity index (χ2n) is 6.10. The van der Waals surface area contributed by atoms with E-state index in [4.69, 9.17) is 9.84 Å². The van der Waals surface area contributed by atoms with Crippen LogP contribution in [0.1, 0.15) is 26.3 Å². The normalized spacial score (nSPS) is 11.2. The Morgan fingerprint density at radius 1 is 1.17 bits per heavy atom. The van der Waals surface area contributed by atoms with Gasteiger partial charge in [-0.15, -0.1) is 0 Å². The molecule has 1 amide bonds. The third-order valence-electron chi connectivity index (χ3n) is 3.03. The highest BCUT2D eigenvalue weighted by molar-refractivity contribution is 5.96. The van der Waals surface area contributed by atoms with E-state index in [1.807, 2.05) is 6.07 Å². The zero-order valence-corrected chi connectivity index (χ0v) is 13.4. The van der Waals surface area contributed by atoms with Crippen molar-refractivity contribution in [3.63, 3.8) is 0 Å². The Morgan fingerprint density at radius 2 is 1.83 bits per heavy atom. The van der Waals surface area contributed by atoms with E-state index in [1.54, 1.807) is 51.1 Å². The maximum Gasteiger partial charge on any atom is 0.419 e. The van der Waals surface area contributed by atoms with Gasteiger partial charge in [0.15, 0.2) is 0 Å². The van der Waals surface area contributed by atoms with Crippen molar-refractivity contribution < 1.29 is 19.0 Å². The van der Waals surface area contributed by atoms with E-state index in [0.717, 1.165) is 0 Å². The summed E-state index contributed by atoms with van der Waals surface area (Å²) in [7, 11) is 0. The number of hydrogen-bond donors (Lipinski definition) is 1. The molecular weight excluding hydrogens is 297 g/mol. The van der Waals surface area contributed by atoms with Gasteiger partial charge in [-0.2, -0.15) is 0 Å². The van der Waals surface area contributed by atoms with Crippen molar-refractivity contribution >= 4 is 17.5 Å². The predicted octanol–water partition coefficient (Wildman–Crippen LogP) is 4.39. The van der Waals surface area contributed by atoms with Crippen LogP contribution in [0.15, 0.2) is 48.5 Å². The number of carbonyl (C=O) groups is 1. The highest BCUT2D eigenvalue weighted by atomic mass is 19.1. The Kier molecular flexibility index (Phi) is 5.01. The molecular formula is C18H20FNO3. The smallest absolute Gasteiger partial charge is 0.419 e. The molecule has 0 heterocycles. The molecule has 0 bridgehead atoms. The molecule has 0 fully saturated rings. The van der Waals surface area contributed by atoms with E-state index in [2.05, 4.69) is 0 Å². The minimum absolute atomic E-state index is 0.0719. The van der Waals surface area contributed by atoms with Crippen molar-refractivity contribution in [2.75, 3.05) is 4.90 Å². The van der Waals surface area contributed by atoms with Gasteiger partial charge >= 0.3 is 6.09 Å². The van der Waals surface area contributed by atoms with Crippen LogP contribution in [0.5, 0.6) is 0 Å². The summed E-state index contributed by atoms with van der Waals surface area (Å²) >= 11 is 0. The summed E-state index contributed by atoms with van der Waals surface area (Å²) in [6.07, 6.45) is -0.667. The predicted molar refractivity (Wildman–Crippen MR) is 87.1 cm³/mol. The van der Waals surface area contributed by atoms with E-state index in [-0.39, 0.29) is 12.3 Å². The van der Waals surface area contributed by atoms with Gasteiger partial charge in [-0.05, 0) is 50.6 Å². The van der Waals surface area contributed by atoms with Gasteiger partial charge in [0, 0.05) is 0 Å². The van der Waals surface area contributed by atoms with Crippen molar-refractivity contribution in [3.8, 4) is 0 Å². The lowest BCUT2D eigenvalue weighted by Crippen LogP contribution is -2.34. The summed E-state index contributed by atoms with van der Waals surface area (Å²) in [5.74, 6) is -0.605. The van der Waals surface area contributed by atoms with Gasteiger partial charge in [0.1, 0.15) is 11.4 Å². The van der Waals surface area contributed by atoms with Crippen LogP contribution in [0.2, 0.25) is 0 Å². The molecule has 0 atom stereocenters.